The van der Waals surface area contributed by atoms with Gasteiger partial charge in [-0.3, -0.25) is 19.7 Å². The maximum atomic E-state index is 13.1. The summed E-state index contributed by atoms with van der Waals surface area (Å²) in [4.78, 5) is 37.9. The molecule has 2 amide bonds. The summed E-state index contributed by atoms with van der Waals surface area (Å²) in [7, 11) is 1.84. The van der Waals surface area contributed by atoms with E-state index in [4.69, 9.17) is 0 Å². The molecule has 0 aliphatic carbocycles. The number of aryl methyl sites for hydroxylation is 2. The lowest BCUT2D eigenvalue weighted by atomic mass is 10.1. The number of benzene rings is 2. The zero-order chi connectivity index (χ0) is 25.1. The molecular formula is C24H26N6O4S. The molecule has 1 fully saturated rings. The third-order valence-corrected chi connectivity index (χ3v) is 6.99. The van der Waals surface area contributed by atoms with Gasteiger partial charge in [-0.2, -0.15) is 0 Å². The topological polar surface area (TPSA) is 123 Å². The Hall–Kier alpha value is -3.73. The van der Waals surface area contributed by atoms with Crippen molar-refractivity contribution < 1.29 is 14.5 Å². The van der Waals surface area contributed by atoms with E-state index < -0.39 is 4.92 Å². The summed E-state index contributed by atoms with van der Waals surface area (Å²) in [6, 6.07) is 11.7. The number of hydrogen-bond acceptors (Lipinski definition) is 7. The van der Waals surface area contributed by atoms with E-state index in [0.717, 1.165) is 18.4 Å². The molecule has 1 atom stereocenters. The van der Waals surface area contributed by atoms with Crippen molar-refractivity contribution in [3.8, 4) is 0 Å². The number of likely N-dealkylation sites (tertiary alicyclic amines) is 1. The van der Waals surface area contributed by atoms with E-state index in [0.29, 0.717) is 34.3 Å². The normalized spacial score (nSPS) is 15.3. The first-order valence-electron chi connectivity index (χ1n) is 11.2. The molecule has 11 heteroatoms. The van der Waals surface area contributed by atoms with Gasteiger partial charge in [0.2, 0.25) is 5.91 Å². The van der Waals surface area contributed by atoms with Gasteiger partial charge in [-0.1, -0.05) is 29.5 Å². The quantitative estimate of drug-likeness (QED) is 0.299. The van der Waals surface area contributed by atoms with Crippen LogP contribution in [0.5, 0.6) is 0 Å². The van der Waals surface area contributed by atoms with Crippen molar-refractivity contribution in [3.63, 3.8) is 0 Å². The van der Waals surface area contributed by atoms with Crippen molar-refractivity contribution in [2.45, 2.75) is 37.9 Å². The number of nitro benzene ring substituents is 1. The van der Waals surface area contributed by atoms with Crippen LogP contribution in [0.4, 0.5) is 11.4 Å². The van der Waals surface area contributed by atoms with Gasteiger partial charge in [-0.05, 0) is 50.5 Å². The highest BCUT2D eigenvalue weighted by molar-refractivity contribution is 7.99. The number of anilines is 1. The van der Waals surface area contributed by atoms with E-state index in [1.165, 1.54) is 30.0 Å². The molecule has 1 unspecified atom stereocenters. The summed E-state index contributed by atoms with van der Waals surface area (Å²) in [5.41, 5.74) is 2.80. The zero-order valence-corrected chi connectivity index (χ0v) is 20.5. The van der Waals surface area contributed by atoms with Crippen molar-refractivity contribution in [1.29, 1.82) is 0 Å². The van der Waals surface area contributed by atoms with E-state index >= 15 is 0 Å². The summed E-state index contributed by atoms with van der Waals surface area (Å²) in [5, 5.41) is 22.8. The molecule has 35 heavy (non-hydrogen) atoms. The summed E-state index contributed by atoms with van der Waals surface area (Å²) in [5.74, 6) is 0.511. The second-order valence-corrected chi connectivity index (χ2v) is 9.46. The molecule has 1 aromatic heterocycles. The highest BCUT2D eigenvalue weighted by Gasteiger charge is 2.34. The summed E-state index contributed by atoms with van der Waals surface area (Å²) >= 11 is 1.24. The average Bonchev–Trinajstić information content (AvgIpc) is 3.44. The fourth-order valence-electron chi connectivity index (χ4n) is 4.18. The van der Waals surface area contributed by atoms with Crippen molar-refractivity contribution in [2.24, 2.45) is 7.05 Å². The van der Waals surface area contributed by atoms with E-state index in [1.807, 2.05) is 47.7 Å². The number of nitrogens with one attached hydrogen (secondary N) is 1. The van der Waals surface area contributed by atoms with Gasteiger partial charge in [0.15, 0.2) is 11.0 Å². The highest BCUT2D eigenvalue weighted by atomic mass is 32.2. The predicted octanol–water partition coefficient (Wildman–Crippen LogP) is 4.05. The molecule has 4 rings (SSSR count). The number of carbonyl (C=O) groups excluding carboxylic acids is 2. The largest absolute Gasteiger partial charge is 0.328 e. The number of thioether (sulfide) groups is 1. The maximum Gasteiger partial charge on any atom is 0.269 e. The van der Waals surface area contributed by atoms with E-state index in [2.05, 4.69) is 15.5 Å². The monoisotopic (exact) mass is 494 g/mol. The van der Waals surface area contributed by atoms with Gasteiger partial charge >= 0.3 is 0 Å². The number of hydrogen-bond donors (Lipinski definition) is 1. The van der Waals surface area contributed by atoms with Crippen LogP contribution in [0.1, 0.15) is 46.2 Å². The average molecular weight is 495 g/mol. The number of non-ortho nitro benzene ring substituents is 1. The zero-order valence-electron chi connectivity index (χ0n) is 19.7. The number of aromatic nitrogens is 3. The molecule has 1 aliphatic heterocycles. The molecule has 1 saturated heterocycles. The standard InChI is InChI=1S/C24H26N6O4S/c1-15-6-4-7-17(12-15)23(32)29-11-5-8-20(29)22-26-27-24(28(22)3)35-14-21(31)25-19-10-9-18(30(33)34)13-16(19)2/h4,6-7,9-10,12-13,20H,5,8,11,14H2,1-3H3,(H,25,31). The van der Waals surface area contributed by atoms with Crippen LogP contribution in [-0.2, 0) is 11.8 Å². The van der Waals surface area contributed by atoms with Crippen molar-refractivity contribution in [2.75, 3.05) is 17.6 Å². The van der Waals surface area contributed by atoms with E-state index in [1.54, 1.807) is 6.92 Å². The van der Waals surface area contributed by atoms with Gasteiger partial charge in [0.05, 0.1) is 16.7 Å². The Kier molecular flexibility index (Phi) is 7.15. The van der Waals surface area contributed by atoms with Crippen LogP contribution in [0.25, 0.3) is 0 Å². The number of nitro groups is 1. The number of nitrogens with zero attached hydrogens (tertiary/aromatic N) is 5. The molecule has 0 radical (unpaired) electrons. The minimum Gasteiger partial charge on any atom is -0.328 e. The van der Waals surface area contributed by atoms with E-state index in [-0.39, 0.29) is 29.3 Å². The SMILES string of the molecule is Cc1cccc(C(=O)N2CCCC2c2nnc(SCC(=O)Nc3ccc([N+](=O)[O-])cc3C)n2C)c1. The van der Waals surface area contributed by atoms with Crippen LogP contribution in [0.2, 0.25) is 0 Å². The molecular weight excluding hydrogens is 468 g/mol. The van der Waals surface area contributed by atoms with Crippen molar-refractivity contribution in [3.05, 3.63) is 75.1 Å². The molecule has 2 aromatic carbocycles. The molecule has 0 bridgehead atoms. The predicted molar refractivity (Wildman–Crippen MR) is 132 cm³/mol. The summed E-state index contributed by atoms with van der Waals surface area (Å²) in [6.07, 6.45) is 1.68. The molecule has 2 heterocycles. The fourth-order valence-corrected chi connectivity index (χ4v) is 4.90. The van der Waals surface area contributed by atoms with E-state index in [9.17, 15) is 19.7 Å². The first-order chi connectivity index (χ1) is 16.7. The van der Waals surface area contributed by atoms with Crippen LogP contribution in [0, 0.1) is 24.0 Å². The van der Waals surface area contributed by atoms with Gasteiger partial charge < -0.3 is 14.8 Å². The van der Waals surface area contributed by atoms with Crippen LogP contribution in [-0.4, -0.2) is 48.7 Å². The number of rotatable bonds is 7. The molecule has 1 aliphatic rings. The Morgan fingerprint density at radius 2 is 2.00 bits per heavy atom. The lowest BCUT2D eigenvalue weighted by molar-refractivity contribution is -0.384. The Morgan fingerprint density at radius 3 is 2.71 bits per heavy atom. The Balaban J connectivity index is 1.41. The molecule has 0 spiro atoms. The van der Waals surface area contributed by atoms with Crippen molar-refractivity contribution in [1.82, 2.24) is 19.7 Å². The third-order valence-electron chi connectivity index (χ3n) is 5.97. The second kappa shape index (κ2) is 10.3. The van der Waals surface area contributed by atoms with Gasteiger partial charge in [-0.25, -0.2) is 0 Å². The third kappa shape index (κ3) is 5.35. The maximum absolute atomic E-state index is 13.1. The van der Waals surface area contributed by atoms with Crippen LogP contribution in [0.15, 0.2) is 47.6 Å². The minimum absolute atomic E-state index is 0.0220. The van der Waals surface area contributed by atoms with Crippen LogP contribution >= 0.6 is 11.8 Å². The first-order valence-corrected chi connectivity index (χ1v) is 12.2. The van der Waals surface area contributed by atoms with Gasteiger partial charge in [-0.15, -0.1) is 10.2 Å². The smallest absolute Gasteiger partial charge is 0.269 e. The minimum atomic E-state index is -0.472. The highest BCUT2D eigenvalue weighted by Crippen LogP contribution is 2.33. The molecule has 0 saturated carbocycles. The van der Waals surface area contributed by atoms with Crippen LogP contribution in [0.3, 0.4) is 0 Å². The fraction of sp³-hybridized carbons (Fsp3) is 0.333. The summed E-state index contributed by atoms with van der Waals surface area (Å²) in [6.45, 7) is 4.32. The lowest BCUT2D eigenvalue weighted by Gasteiger charge is -2.24. The second-order valence-electron chi connectivity index (χ2n) is 8.52. The number of carbonyl (C=O) groups is 2. The van der Waals surface area contributed by atoms with Gasteiger partial charge in [0.1, 0.15) is 0 Å². The Morgan fingerprint density at radius 1 is 1.20 bits per heavy atom. The molecule has 10 nitrogen and oxygen atoms in total. The molecule has 3 aromatic rings. The first kappa shape index (κ1) is 24.4. The van der Waals surface area contributed by atoms with Crippen molar-refractivity contribution >= 4 is 35.0 Å². The number of amides is 2. The van der Waals surface area contributed by atoms with Gasteiger partial charge in [0, 0.05) is 37.0 Å². The lowest BCUT2D eigenvalue weighted by Crippen LogP contribution is -2.32. The molecule has 1 N–H and O–H groups in total. The Bertz CT molecular complexity index is 1290. The Labute approximate surface area is 206 Å². The summed E-state index contributed by atoms with van der Waals surface area (Å²) < 4.78 is 1.83. The van der Waals surface area contributed by atoms with Gasteiger partial charge in [0.25, 0.3) is 11.6 Å². The van der Waals surface area contributed by atoms with Crippen LogP contribution < -0.4 is 5.32 Å². The molecule has 182 valence electrons.